The standard InChI is InChI=1S/C27H24N2O7/c1-3-33-21-8-10-22(11-9-21)34-17-24-12-13-26(36-24)27(30)28-19-14-20(29(31)32)16-25(15-19)35-23-6-4-18(2)5-7-23/h4-16H,3,17H2,1-2H3,(H,28,30). The van der Waals surface area contributed by atoms with Crippen LogP contribution < -0.4 is 19.5 Å². The Morgan fingerprint density at radius 3 is 2.22 bits per heavy atom. The number of benzene rings is 3. The zero-order valence-corrected chi connectivity index (χ0v) is 19.7. The number of nitrogens with one attached hydrogen (secondary N) is 1. The Morgan fingerprint density at radius 2 is 1.56 bits per heavy atom. The number of anilines is 1. The molecule has 0 saturated carbocycles. The topological polar surface area (TPSA) is 113 Å². The van der Waals surface area contributed by atoms with Gasteiger partial charge in [0.15, 0.2) is 5.76 Å². The lowest BCUT2D eigenvalue weighted by atomic mass is 10.2. The number of rotatable bonds is 10. The van der Waals surface area contributed by atoms with Crippen LogP contribution >= 0.6 is 0 Å². The summed E-state index contributed by atoms with van der Waals surface area (Å²) in [4.78, 5) is 23.6. The number of carbonyl (C=O) groups excluding carboxylic acids is 1. The molecule has 0 saturated heterocycles. The molecule has 9 heteroatoms. The molecule has 0 bridgehead atoms. The van der Waals surface area contributed by atoms with Crippen LogP contribution in [0.3, 0.4) is 0 Å². The van der Waals surface area contributed by atoms with Crippen molar-refractivity contribution < 1.29 is 28.3 Å². The number of amides is 1. The van der Waals surface area contributed by atoms with Gasteiger partial charge in [0, 0.05) is 12.1 Å². The summed E-state index contributed by atoms with van der Waals surface area (Å²) in [5, 5.41) is 14.0. The number of hydrogen-bond donors (Lipinski definition) is 1. The van der Waals surface area contributed by atoms with Crippen molar-refractivity contribution in [1.82, 2.24) is 0 Å². The van der Waals surface area contributed by atoms with Crippen LogP contribution in [0.2, 0.25) is 0 Å². The minimum Gasteiger partial charge on any atom is -0.494 e. The molecule has 0 atom stereocenters. The van der Waals surface area contributed by atoms with Gasteiger partial charge in [0.05, 0.1) is 23.3 Å². The van der Waals surface area contributed by atoms with Crippen molar-refractivity contribution in [3.8, 4) is 23.0 Å². The molecule has 36 heavy (non-hydrogen) atoms. The van der Waals surface area contributed by atoms with Crippen LogP contribution in [-0.2, 0) is 6.61 Å². The number of nitro benzene ring substituents is 1. The molecule has 0 radical (unpaired) electrons. The molecule has 0 aliphatic rings. The summed E-state index contributed by atoms with van der Waals surface area (Å²) in [5.74, 6) is 2.01. The highest BCUT2D eigenvalue weighted by Gasteiger charge is 2.16. The van der Waals surface area contributed by atoms with E-state index >= 15 is 0 Å². The smallest absolute Gasteiger partial charge is 0.291 e. The van der Waals surface area contributed by atoms with E-state index in [0.29, 0.717) is 23.9 Å². The lowest BCUT2D eigenvalue weighted by Crippen LogP contribution is -2.11. The molecular weight excluding hydrogens is 464 g/mol. The van der Waals surface area contributed by atoms with Gasteiger partial charge in [-0.3, -0.25) is 14.9 Å². The van der Waals surface area contributed by atoms with Crippen LogP contribution in [0.1, 0.15) is 28.8 Å². The van der Waals surface area contributed by atoms with Gasteiger partial charge in [-0.25, -0.2) is 0 Å². The largest absolute Gasteiger partial charge is 0.494 e. The monoisotopic (exact) mass is 488 g/mol. The van der Waals surface area contributed by atoms with Crippen LogP contribution in [0.25, 0.3) is 0 Å². The van der Waals surface area contributed by atoms with Gasteiger partial charge in [-0.1, -0.05) is 17.7 Å². The molecule has 0 aliphatic carbocycles. The van der Waals surface area contributed by atoms with Gasteiger partial charge in [-0.15, -0.1) is 0 Å². The van der Waals surface area contributed by atoms with Gasteiger partial charge in [-0.2, -0.15) is 0 Å². The fourth-order valence-electron chi connectivity index (χ4n) is 3.29. The van der Waals surface area contributed by atoms with Gasteiger partial charge >= 0.3 is 0 Å². The highest BCUT2D eigenvalue weighted by atomic mass is 16.6. The molecule has 0 fully saturated rings. The van der Waals surface area contributed by atoms with Crippen molar-refractivity contribution in [1.29, 1.82) is 0 Å². The number of furan rings is 1. The number of nitro groups is 1. The maximum Gasteiger partial charge on any atom is 0.291 e. The highest BCUT2D eigenvalue weighted by Crippen LogP contribution is 2.30. The van der Waals surface area contributed by atoms with E-state index in [0.717, 1.165) is 11.3 Å². The van der Waals surface area contributed by atoms with E-state index in [4.69, 9.17) is 18.6 Å². The first-order chi connectivity index (χ1) is 17.4. The van der Waals surface area contributed by atoms with Crippen LogP contribution in [0.4, 0.5) is 11.4 Å². The zero-order valence-electron chi connectivity index (χ0n) is 19.7. The predicted octanol–water partition coefficient (Wildman–Crippen LogP) is 6.52. The van der Waals surface area contributed by atoms with Gasteiger partial charge in [0.2, 0.25) is 0 Å². The first kappa shape index (κ1) is 24.3. The molecule has 1 N–H and O–H groups in total. The molecule has 9 nitrogen and oxygen atoms in total. The van der Waals surface area contributed by atoms with Crippen LogP contribution in [0.5, 0.6) is 23.0 Å². The quantitative estimate of drug-likeness (QED) is 0.200. The van der Waals surface area contributed by atoms with E-state index in [1.54, 1.807) is 42.5 Å². The Labute approximate surface area is 207 Å². The number of hydrogen-bond acceptors (Lipinski definition) is 7. The summed E-state index contributed by atoms with van der Waals surface area (Å²) in [6.45, 7) is 4.55. The van der Waals surface area contributed by atoms with Crippen LogP contribution in [0, 0.1) is 17.0 Å². The second-order valence-corrected chi connectivity index (χ2v) is 7.80. The van der Waals surface area contributed by atoms with Crippen LogP contribution in [0.15, 0.2) is 83.3 Å². The molecule has 4 aromatic rings. The third-order valence-electron chi connectivity index (χ3n) is 5.02. The molecule has 1 heterocycles. The molecule has 4 rings (SSSR count). The third-order valence-corrected chi connectivity index (χ3v) is 5.02. The van der Waals surface area contributed by atoms with E-state index in [-0.39, 0.29) is 29.5 Å². The Morgan fingerprint density at radius 1 is 0.889 bits per heavy atom. The van der Waals surface area contributed by atoms with Crippen molar-refractivity contribution >= 4 is 17.3 Å². The van der Waals surface area contributed by atoms with Crippen molar-refractivity contribution in [2.24, 2.45) is 0 Å². The molecule has 184 valence electrons. The zero-order chi connectivity index (χ0) is 25.5. The maximum atomic E-state index is 12.7. The summed E-state index contributed by atoms with van der Waals surface area (Å²) in [6, 6.07) is 21.6. The lowest BCUT2D eigenvalue weighted by Gasteiger charge is -2.09. The summed E-state index contributed by atoms with van der Waals surface area (Å²) >= 11 is 0. The SMILES string of the molecule is CCOc1ccc(OCc2ccc(C(=O)Nc3cc(Oc4ccc(C)cc4)cc([N+](=O)[O-])c3)o2)cc1. The minimum absolute atomic E-state index is 0.0350. The average Bonchev–Trinajstić information content (AvgIpc) is 3.34. The highest BCUT2D eigenvalue weighted by molar-refractivity contribution is 6.02. The number of aryl methyl sites for hydroxylation is 1. The van der Waals surface area contributed by atoms with Crippen molar-refractivity contribution in [3.05, 3.63) is 106 Å². The minimum atomic E-state index is -0.566. The van der Waals surface area contributed by atoms with Gasteiger partial charge in [-0.05, 0) is 62.4 Å². The molecule has 3 aromatic carbocycles. The fourth-order valence-corrected chi connectivity index (χ4v) is 3.29. The summed E-state index contributed by atoms with van der Waals surface area (Å²) in [7, 11) is 0. The molecule has 1 aromatic heterocycles. The number of nitrogens with zero attached hydrogens (tertiary/aromatic N) is 1. The Hall–Kier alpha value is -4.79. The molecular formula is C27H24N2O7. The van der Waals surface area contributed by atoms with E-state index in [9.17, 15) is 14.9 Å². The first-order valence-corrected chi connectivity index (χ1v) is 11.2. The van der Waals surface area contributed by atoms with E-state index in [1.165, 1.54) is 24.3 Å². The predicted molar refractivity (Wildman–Crippen MR) is 133 cm³/mol. The second-order valence-electron chi connectivity index (χ2n) is 7.80. The van der Waals surface area contributed by atoms with E-state index in [1.807, 2.05) is 26.0 Å². The summed E-state index contributed by atoms with van der Waals surface area (Å²) in [6.07, 6.45) is 0. The third kappa shape index (κ3) is 6.41. The second kappa shape index (κ2) is 11.1. The fraction of sp³-hybridized carbons (Fsp3) is 0.148. The summed E-state index contributed by atoms with van der Waals surface area (Å²) < 4.78 is 22.4. The first-order valence-electron chi connectivity index (χ1n) is 11.2. The van der Waals surface area contributed by atoms with Gasteiger partial charge in [0.25, 0.3) is 11.6 Å². The lowest BCUT2D eigenvalue weighted by molar-refractivity contribution is -0.384. The van der Waals surface area contributed by atoms with E-state index in [2.05, 4.69) is 5.32 Å². The van der Waals surface area contributed by atoms with Gasteiger partial charge < -0.3 is 23.9 Å². The van der Waals surface area contributed by atoms with E-state index < -0.39 is 10.8 Å². The van der Waals surface area contributed by atoms with Crippen molar-refractivity contribution in [3.63, 3.8) is 0 Å². The number of non-ortho nitro benzene ring substituents is 1. The average molecular weight is 488 g/mol. The molecule has 1 amide bonds. The van der Waals surface area contributed by atoms with Crippen LogP contribution in [-0.4, -0.2) is 17.4 Å². The molecule has 0 aliphatic heterocycles. The van der Waals surface area contributed by atoms with Crippen molar-refractivity contribution in [2.45, 2.75) is 20.5 Å². The van der Waals surface area contributed by atoms with Gasteiger partial charge in [0.1, 0.15) is 35.4 Å². The molecule has 0 spiro atoms. The Balaban J connectivity index is 1.42. The normalized spacial score (nSPS) is 10.5. The maximum absolute atomic E-state index is 12.7. The Kier molecular flexibility index (Phi) is 7.50. The number of carbonyl (C=O) groups is 1. The Bertz CT molecular complexity index is 1350. The number of ether oxygens (including phenoxy) is 3. The summed E-state index contributed by atoms with van der Waals surface area (Å²) in [5.41, 5.74) is 1.02. The molecule has 0 unspecified atom stereocenters. The van der Waals surface area contributed by atoms with Crippen molar-refractivity contribution in [2.75, 3.05) is 11.9 Å².